The van der Waals surface area contributed by atoms with E-state index in [0.717, 1.165) is 18.8 Å². The summed E-state index contributed by atoms with van der Waals surface area (Å²) in [6.07, 6.45) is 4.42. The van der Waals surface area contributed by atoms with Crippen molar-refractivity contribution in [2.75, 3.05) is 26.8 Å². The van der Waals surface area contributed by atoms with Crippen LogP contribution >= 0.6 is 0 Å². The molecule has 1 heterocycles. The van der Waals surface area contributed by atoms with Gasteiger partial charge in [-0.1, -0.05) is 0 Å². The smallest absolute Gasteiger partial charge is 0.0894 e. The average molecular weight is 159 g/mol. The number of hydrogen-bond donors (Lipinski definition) is 0. The zero-order valence-electron chi connectivity index (χ0n) is 7.35. The number of rotatable bonds is 3. The van der Waals surface area contributed by atoms with Crippen molar-refractivity contribution in [3.05, 3.63) is 0 Å². The van der Waals surface area contributed by atoms with Crippen LogP contribution in [0, 0.1) is 5.92 Å². The lowest BCUT2D eigenvalue weighted by atomic mass is 9.93. The SMILES string of the molecule is CN1CCC(CCCF)CC1. The quantitative estimate of drug-likeness (QED) is 0.609. The average Bonchev–Trinajstić information content (AvgIpc) is 2.04. The molecule has 0 saturated carbocycles. The zero-order valence-corrected chi connectivity index (χ0v) is 7.35. The van der Waals surface area contributed by atoms with Gasteiger partial charge in [-0.15, -0.1) is 0 Å². The van der Waals surface area contributed by atoms with Crippen molar-refractivity contribution < 1.29 is 4.39 Å². The highest BCUT2D eigenvalue weighted by Gasteiger charge is 2.15. The summed E-state index contributed by atoms with van der Waals surface area (Å²) >= 11 is 0. The number of likely N-dealkylation sites (tertiary alicyclic amines) is 1. The van der Waals surface area contributed by atoms with Crippen LogP contribution < -0.4 is 0 Å². The molecule has 0 aromatic rings. The highest BCUT2D eigenvalue weighted by atomic mass is 19.1. The van der Waals surface area contributed by atoms with Gasteiger partial charge < -0.3 is 4.90 Å². The zero-order chi connectivity index (χ0) is 8.10. The minimum absolute atomic E-state index is 0.133. The third kappa shape index (κ3) is 3.19. The van der Waals surface area contributed by atoms with Gasteiger partial charge in [-0.25, -0.2) is 0 Å². The number of piperidine rings is 1. The summed E-state index contributed by atoms with van der Waals surface area (Å²) in [4.78, 5) is 2.35. The van der Waals surface area contributed by atoms with Crippen molar-refractivity contribution in [2.45, 2.75) is 25.7 Å². The van der Waals surface area contributed by atoms with Crippen LogP contribution in [0.1, 0.15) is 25.7 Å². The van der Waals surface area contributed by atoms with Gasteiger partial charge in [-0.2, -0.15) is 0 Å². The molecule has 2 heteroatoms. The Labute approximate surface area is 68.6 Å². The molecule has 0 spiro atoms. The van der Waals surface area contributed by atoms with E-state index in [2.05, 4.69) is 11.9 Å². The summed E-state index contributed by atoms with van der Waals surface area (Å²) in [6.45, 7) is 2.28. The molecule has 0 radical (unpaired) electrons. The highest BCUT2D eigenvalue weighted by Crippen LogP contribution is 2.20. The minimum atomic E-state index is -0.133. The van der Waals surface area contributed by atoms with E-state index in [1.54, 1.807) is 0 Å². The fourth-order valence-corrected chi connectivity index (χ4v) is 1.72. The molecule has 1 fully saturated rings. The standard InChI is InChI=1S/C9H18FN/c1-11-7-4-9(5-8-11)3-2-6-10/h9H,2-8H2,1H3. The number of alkyl halides is 1. The third-order valence-corrected chi connectivity index (χ3v) is 2.58. The molecule has 66 valence electrons. The van der Waals surface area contributed by atoms with E-state index in [1.807, 2.05) is 0 Å². The first-order valence-electron chi connectivity index (χ1n) is 4.57. The van der Waals surface area contributed by atoms with Gasteiger partial charge >= 0.3 is 0 Å². The maximum atomic E-state index is 11.8. The Hall–Kier alpha value is -0.110. The molecule has 1 rings (SSSR count). The van der Waals surface area contributed by atoms with Gasteiger partial charge in [-0.3, -0.25) is 4.39 Å². The number of nitrogens with zero attached hydrogens (tertiary/aromatic N) is 1. The van der Waals surface area contributed by atoms with Crippen LogP contribution in [-0.4, -0.2) is 31.7 Å². The van der Waals surface area contributed by atoms with E-state index in [1.165, 1.54) is 25.9 Å². The monoisotopic (exact) mass is 159 g/mol. The normalized spacial score (nSPS) is 22.4. The van der Waals surface area contributed by atoms with E-state index < -0.39 is 0 Å². The van der Waals surface area contributed by atoms with Crippen LogP contribution in [0.5, 0.6) is 0 Å². The van der Waals surface area contributed by atoms with Crippen LogP contribution in [0.15, 0.2) is 0 Å². The van der Waals surface area contributed by atoms with Gasteiger partial charge in [0.15, 0.2) is 0 Å². The summed E-state index contributed by atoms with van der Waals surface area (Å²) in [5, 5.41) is 0. The molecular weight excluding hydrogens is 141 g/mol. The van der Waals surface area contributed by atoms with Crippen LogP contribution in [0.2, 0.25) is 0 Å². The Bertz CT molecular complexity index is 95.0. The largest absolute Gasteiger partial charge is 0.306 e. The Morgan fingerprint density at radius 1 is 1.36 bits per heavy atom. The summed E-state index contributed by atoms with van der Waals surface area (Å²) < 4.78 is 11.8. The Balaban J connectivity index is 2.07. The molecule has 0 aliphatic carbocycles. The molecule has 0 unspecified atom stereocenters. The van der Waals surface area contributed by atoms with E-state index in [4.69, 9.17) is 0 Å². The Morgan fingerprint density at radius 3 is 2.55 bits per heavy atom. The topological polar surface area (TPSA) is 3.24 Å². The lowest BCUT2D eigenvalue weighted by Crippen LogP contribution is -2.30. The fourth-order valence-electron chi connectivity index (χ4n) is 1.72. The Morgan fingerprint density at radius 2 is 2.00 bits per heavy atom. The number of halogens is 1. The van der Waals surface area contributed by atoms with Crippen LogP contribution in [-0.2, 0) is 0 Å². The molecule has 0 aromatic heterocycles. The van der Waals surface area contributed by atoms with E-state index >= 15 is 0 Å². The fraction of sp³-hybridized carbons (Fsp3) is 1.00. The van der Waals surface area contributed by atoms with Crippen molar-refractivity contribution in [1.29, 1.82) is 0 Å². The molecular formula is C9H18FN. The molecule has 11 heavy (non-hydrogen) atoms. The lowest BCUT2D eigenvalue weighted by molar-refractivity contribution is 0.207. The first-order valence-corrected chi connectivity index (χ1v) is 4.57. The van der Waals surface area contributed by atoms with Gasteiger partial charge in [0.05, 0.1) is 6.67 Å². The molecule has 0 aromatic carbocycles. The van der Waals surface area contributed by atoms with Crippen molar-refractivity contribution >= 4 is 0 Å². The van der Waals surface area contributed by atoms with E-state index in [9.17, 15) is 4.39 Å². The Kier molecular flexibility index (Phi) is 3.84. The van der Waals surface area contributed by atoms with Gasteiger partial charge in [0.25, 0.3) is 0 Å². The summed E-state index contributed by atoms with van der Waals surface area (Å²) in [6, 6.07) is 0. The third-order valence-electron chi connectivity index (χ3n) is 2.58. The van der Waals surface area contributed by atoms with E-state index in [0.29, 0.717) is 0 Å². The first kappa shape index (κ1) is 8.98. The lowest BCUT2D eigenvalue weighted by Gasteiger charge is -2.28. The second-order valence-electron chi connectivity index (χ2n) is 3.58. The van der Waals surface area contributed by atoms with Crippen molar-refractivity contribution in [1.82, 2.24) is 4.90 Å². The molecule has 1 aliphatic heterocycles. The predicted octanol–water partition coefficient (Wildman–Crippen LogP) is 2.08. The molecule has 1 aliphatic rings. The number of hydrogen-bond acceptors (Lipinski definition) is 1. The maximum Gasteiger partial charge on any atom is 0.0894 e. The van der Waals surface area contributed by atoms with Gasteiger partial charge in [0, 0.05) is 0 Å². The summed E-state index contributed by atoms with van der Waals surface area (Å²) in [5.41, 5.74) is 0. The van der Waals surface area contributed by atoms with Crippen molar-refractivity contribution in [3.8, 4) is 0 Å². The molecule has 0 bridgehead atoms. The second-order valence-corrected chi connectivity index (χ2v) is 3.58. The predicted molar refractivity (Wildman–Crippen MR) is 45.4 cm³/mol. The summed E-state index contributed by atoms with van der Waals surface area (Å²) in [5.74, 6) is 0.807. The van der Waals surface area contributed by atoms with Gasteiger partial charge in [0.1, 0.15) is 0 Å². The highest BCUT2D eigenvalue weighted by molar-refractivity contribution is 4.69. The molecule has 0 atom stereocenters. The maximum absolute atomic E-state index is 11.8. The van der Waals surface area contributed by atoms with Crippen molar-refractivity contribution in [3.63, 3.8) is 0 Å². The van der Waals surface area contributed by atoms with Gasteiger partial charge in [0.2, 0.25) is 0 Å². The van der Waals surface area contributed by atoms with Crippen LogP contribution in [0.25, 0.3) is 0 Å². The van der Waals surface area contributed by atoms with Gasteiger partial charge in [-0.05, 0) is 51.7 Å². The molecule has 1 saturated heterocycles. The minimum Gasteiger partial charge on any atom is -0.306 e. The summed E-state index contributed by atoms with van der Waals surface area (Å²) in [7, 11) is 2.16. The van der Waals surface area contributed by atoms with Crippen molar-refractivity contribution in [2.24, 2.45) is 5.92 Å². The molecule has 0 N–H and O–H groups in total. The first-order chi connectivity index (χ1) is 5.33. The second kappa shape index (κ2) is 4.70. The van der Waals surface area contributed by atoms with Crippen LogP contribution in [0.3, 0.4) is 0 Å². The van der Waals surface area contributed by atoms with E-state index in [-0.39, 0.29) is 6.67 Å². The van der Waals surface area contributed by atoms with Crippen LogP contribution in [0.4, 0.5) is 4.39 Å². The molecule has 1 nitrogen and oxygen atoms in total. The molecule has 0 amide bonds.